The first-order valence-electron chi connectivity index (χ1n) is 42.1. The molecule has 0 aliphatic rings. The average Bonchev–Trinajstić information content (AvgIpc) is 0.842. The number of carbonyl (C=O) groups excluding carboxylic acids is 16. The first kappa shape index (κ1) is 103. The van der Waals surface area contributed by atoms with E-state index in [2.05, 4.69) is 85.1 Å². The van der Waals surface area contributed by atoms with Crippen molar-refractivity contribution in [3.8, 4) is 0 Å². The lowest BCUT2D eigenvalue weighted by molar-refractivity contribution is -0.137. The van der Waals surface area contributed by atoms with Gasteiger partial charge in [-0.15, -0.1) is 0 Å². The average molecular weight is 1700 g/mol. The number of benzene rings is 4. The number of hydrogen-bond acceptors (Lipinski definition) is 17. The molecule has 0 saturated heterocycles. The first-order valence-corrected chi connectivity index (χ1v) is 42.1. The summed E-state index contributed by atoms with van der Waals surface area (Å²) in [6.07, 6.45) is 0.441. The Kier molecular flexibility index (Phi) is 44.2. The standard InChI is InChI=1S/C89H132N16O17/c1-50(2)40-64(95-77(110)58(16)93-72(108)48-91-76(109)57(15)92-49-107)80(113)94-59(17)78(111)103-74(55(11)12)88(121)105-75(56(13)14)89(122)104-73(54(9)10)87(120)102-71(47-63-36-28-21-29-37-63)86(119)98-67(43-53(7)8)83(116)101-70(46-62-34-26-20-27-35-62)85(118)97-66(42-52(5)6)82(115)100-69(45-61-32-24-19-25-33-61)84(117)96-65(41-51(3)4)81(114)99-68(79(112)90-38-39-106)44-60-30-22-18-23-31-60/h18-37,49-59,64-71,73-75,106H,38-48H2,1-17H3,(H,90,112)(H,91,109)(H,92,107)(H,93,108)(H,94,113)(H,95,110)(H,96,117)(H,97,118)(H,98,119)(H,99,114)(H,100,115)(H,101,116)(H,102,120)(H,103,111)(H,104,122)(H,105,121)/t57?,58-,59-,64+,65+,66+,67+,68-,69-,70-,71-,73+,74+,75-/m0/s1. The second kappa shape index (κ2) is 52.5. The van der Waals surface area contributed by atoms with Crippen molar-refractivity contribution in [3.63, 3.8) is 0 Å². The maximum absolute atomic E-state index is 15.1. The molecular formula is C89H132N16O17. The third-order valence-electron chi connectivity index (χ3n) is 19.8. The van der Waals surface area contributed by atoms with Crippen LogP contribution in [-0.4, -0.2) is 204 Å². The van der Waals surface area contributed by atoms with Gasteiger partial charge in [-0.25, -0.2) is 0 Å². The van der Waals surface area contributed by atoms with Gasteiger partial charge < -0.3 is 90.2 Å². The van der Waals surface area contributed by atoms with E-state index in [-0.39, 0.29) is 88.2 Å². The van der Waals surface area contributed by atoms with E-state index in [1.807, 2.05) is 47.6 Å². The molecule has 0 bridgehead atoms. The van der Waals surface area contributed by atoms with Crippen molar-refractivity contribution in [2.24, 2.45) is 41.4 Å². The summed E-state index contributed by atoms with van der Waals surface area (Å²) in [5.41, 5.74) is 2.59. The molecule has 33 nitrogen and oxygen atoms in total. The molecule has 14 atom stereocenters. The minimum absolute atomic E-state index is 0.0195. The van der Waals surface area contributed by atoms with Crippen molar-refractivity contribution in [2.75, 3.05) is 19.7 Å². The largest absolute Gasteiger partial charge is 0.395 e. The predicted molar refractivity (Wildman–Crippen MR) is 461 cm³/mol. The lowest BCUT2D eigenvalue weighted by Crippen LogP contribution is -2.62. The van der Waals surface area contributed by atoms with Crippen molar-refractivity contribution in [2.45, 2.75) is 254 Å². The molecule has 4 rings (SSSR count). The fraction of sp³-hybridized carbons (Fsp3) is 0.551. The Hall–Kier alpha value is -11.6. The van der Waals surface area contributed by atoms with E-state index in [0.717, 1.165) is 5.56 Å². The van der Waals surface area contributed by atoms with Crippen LogP contribution in [0.2, 0.25) is 0 Å². The van der Waals surface area contributed by atoms with Gasteiger partial charge in [0.15, 0.2) is 0 Å². The Bertz CT molecular complexity index is 4080. The number of amides is 16. The molecule has 0 aromatic heterocycles. The molecule has 122 heavy (non-hydrogen) atoms. The highest BCUT2D eigenvalue weighted by Gasteiger charge is 2.40. The molecule has 0 aliphatic carbocycles. The normalized spacial score (nSPS) is 14.8. The fourth-order valence-electron chi connectivity index (χ4n) is 13.1. The van der Waals surface area contributed by atoms with Crippen molar-refractivity contribution in [1.82, 2.24) is 85.1 Å². The zero-order valence-electron chi connectivity index (χ0n) is 73.5. The van der Waals surface area contributed by atoms with Crippen LogP contribution in [0.3, 0.4) is 0 Å². The summed E-state index contributed by atoms with van der Waals surface area (Å²) in [5.74, 6) is -13.9. The van der Waals surface area contributed by atoms with Crippen molar-refractivity contribution in [3.05, 3.63) is 144 Å². The van der Waals surface area contributed by atoms with Gasteiger partial charge in [-0.1, -0.05) is 218 Å². The molecule has 4 aromatic rings. The first-order chi connectivity index (χ1) is 57.6. The van der Waals surface area contributed by atoms with E-state index >= 15 is 14.4 Å². The molecule has 4 aromatic carbocycles. The van der Waals surface area contributed by atoms with Crippen molar-refractivity contribution in [1.29, 1.82) is 0 Å². The molecular weight excluding hydrogens is 1570 g/mol. The van der Waals surface area contributed by atoms with Crippen LogP contribution >= 0.6 is 0 Å². The molecule has 17 N–H and O–H groups in total. The number of nitrogens with one attached hydrogen (secondary N) is 16. The highest BCUT2D eigenvalue weighted by atomic mass is 16.3. The summed E-state index contributed by atoms with van der Waals surface area (Å²) in [4.78, 5) is 223. The SMILES string of the molecule is CC(C)C[C@@H](NC(=O)[C@H](C)NC(=O)CNC(=O)C(C)NC=O)C(=O)N[C@@H](C)C(=O)N[C@@H](C(=O)N[C@H](C(=O)N[C@@H](C(=O)N[C@@H](Cc1ccccc1)C(=O)N[C@H](CC(C)C)C(=O)N[C@@H](Cc1ccccc1)C(=O)N[C@H](CC(C)C)C(=O)N[C@@H](Cc1ccccc1)C(=O)N[C@H](CC(C)C)C(=O)N[C@@H](Cc1ccccc1)C(=O)NCCO)C(C)C)C(C)C)C(C)C. The van der Waals surface area contributed by atoms with Crippen LogP contribution < -0.4 is 85.1 Å². The van der Waals surface area contributed by atoms with Gasteiger partial charge in [0.05, 0.1) is 13.2 Å². The summed E-state index contributed by atoms with van der Waals surface area (Å²) in [6, 6.07) is 17.6. The van der Waals surface area contributed by atoms with Gasteiger partial charge in [0.25, 0.3) is 0 Å². The van der Waals surface area contributed by atoms with Crippen molar-refractivity contribution < 1.29 is 81.8 Å². The summed E-state index contributed by atoms with van der Waals surface area (Å²) in [7, 11) is 0. The number of aliphatic hydroxyl groups excluding tert-OH is 1. The fourth-order valence-corrected chi connectivity index (χ4v) is 13.1. The maximum Gasteiger partial charge on any atom is 0.243 e. The predicted octanol–water partition coefficient (Wildman–Crippen LogP) is 1.81. The third-order valence-corrected chi connectivity index (χ3v) is 19.8. The zero-order valence-corrected chi connectivity index (χ0v) is 73.5. The Morgan fingerprint density at radius 2 is 0.516 bits per heavy atom. The number of hydrogen-bond donors (Lipinski definition) is 17. The van der Waals surface area contributed by atoms with Crippen LogP contribution in [-0.2, 0) is 102 Å². The molecule has 0 spiro atoms. The molecule has 0 saturated carbocycles. The summed E-state index contributed by atoms with van der Waals surface area (Å²) < 4.78 is 0. The highest BCUT2D eigenvalue weighted by Crippen LogP contribution is 2.18. The lowest BCUT2D eigenvalue weighted by Gasteiger charge is -2.31. The number of aliphatic hydroxyl groups is 1. The molecule has 670 valence electrons. The van der Waals surface area contributed by atoms with Gasteiger partial charge >= 0.3 is 0 Å². The number of carbonyl (C=O) groups is 16. The molecule has 16 amide bonds. The minimum atomic E-state index is -1.41. The second-order valence-corrected chi connectivity index (χ2v) is 33.7. The van der Waals surface area contributed by atoms with Crippen LogP contribution in [0.15, 0.2) is 121 Å². The van der Waals surface area contributed by atoms with E-state index in [1.54, 1.807) is 171 Å². The highest BCUT2D eigenvalue weighted by molar-refractivity contribution is 6.01. The monoisotopic (exact) mass is 1700 g/mol. The topological polar surface area (TPSA) is 486 Å². The van der Waals surface area contributed by atoms with E-state index in [4.69, 9.17) is 0 Å². The molecule has 0 aliphatic heterocycles. The Morgan fingerprint density at radius 3 is 0.811 bits per heavy atom. The number of rotatable bonds is 52. The molecule has 33 heteroatoms. The third kappa shape index (κ3) is 36.7. The summed E-state index contributed by atoms with van der Waals surface area (Å²) in [6.45, 7) is 27.7. The van der Waals surface area contributed by atoms with E-state index in [9.17, 15) is 67.4 Å². The minimum Gasteiger partial charge on any atom is -0.395 e. The second-order valence-electron chi connectivity index (χ2n) is 33.7. The van der Waals surface area contributed by atoms with Gasteiger partial charge in [0.1, 0.15) is 84.6 Å². The van der Waals surface area contributed by atoms with Gasteiger partial charge in [0, 0.05) is 32.2 Å². The quantitative estimate of drug-likeness (QED) is 0.0280. The smallest absolute Gasteiger partial charge is 0.243 e. The van der Waals surface area contributed by atoms with Gasteiger partial charge in [-0.3, -0.25) is 76.7 Å². The lowest BCUT2D eigenvalue weighted by atomic mass is 9.97. The van der Waals surface area contributed by atoms with Gasteiger partial charge in [-0.05, 0) is 110 Å². The van der Waals surface area contributed by atoms with Gasteiger partial charge in [-0.2, -0.15) is 0 Å². The zero-order chi connectivity index (χ0) is 91.0. The molecule has 0 heterocycles. The van der Waals surface area contributed by atoms with E-state index in [1.165, 1.54) is 20.8 Å². The van der Waals surface area contributed by atoms with Crippen LogP contribution in [0.5, 0.6) is 0 Å². The van der Waals surface area contributed by atoms with E-state index in [0.29, 0.717) is 23.1 Å². The maximum atomic E-state index is 15.1. The Balaban J connectivity index is 1.58. The molecule has 0 fully saturated rings. The van der Waals surface area contributed by atoms with Crippen molar-refractivity contribution >= 4 is 95.0 Å². The van der Waals surface area contributed by atoms with Crippen LogP contribution in [0.25, 0.3) is 0 Å². The van der Waals surface area contributed by atoms with Crippen LogP contribution in [0.1, 0.15) is 166 Å². The molecule has 0 radical (unpaired) electrons. The molecule has 1 unspecified atom stereocenters. The Morgan fingerprint density at radius 1 is 0.270 bits per heavy atom. The summed E-state index contributed by atoms with van der Waals surface area (Å²) >= 11 is 0. The Labute approximate surface area is 717 Å². The van der Waals surface area contributed by atoms with Gasteiger partial charge in [0.2, 0.25) is 95.0 Å². The van der Waals surface area contributed by atoms with Crippen LogP contribution in [0.4, 0.5) is 0 Å². The van der Waals surface area contributed by atoms with E-state index < -0.39 is 197 Å². The van der Waals surface area contributed by atoms with Crippen LogP contribution in [0, 0.1) is 41.4 Å². The summed E-state index contributed by atoms with van der Waals surface area (Å²) in [5, 5.41) is 52.5.